The summed E-state index contributed by atoms with van der Waals surface area (Å²) >= 11 is 1.82. The smallest absolute Gasteiger partial charge is 0.166 e. The molecule has 0 amide bonds. The Kier molecular flexibility index (Phi) is 3.48. The normalized spacial score (nSPS) is 10.5. The van der Waals surface area contributed by atoms with Crippen molar-refractivity contribution in [3.8, 4) is 5.69 Å². The fourth-order valence-electron chi connectivity index (χ4n) is 1.97. The van der Waals surface area contributed by atoms with Crippen molar-refractivity contribution in [3.63, 3.8) is 0 Å². The summed E-state index contributed by atoms with van der Waals surface area (Å²) in [4.78, 5) is 1.33. The number of thiophene rings is 1. The molecule has 0 atom stereocenters. The van der Waals surface area contributed by atoms with E-state index in [9.17, 15) is 0 Å². The largest absolute Gasteiger partial charge is 0.255 e. The molecule has 0 aliphatic heterocycles. The molecule has 0 bridgehead atoms. The van der Waals surface area contributed by atoms with Gasteiger partial charge in [0, 0.05) is 27.2 Å². The van der Waals surface area contributed by atoms with Crippen LogP contribution in [-0.2, 0) is 27.2 Å². The molecular formula is C13H12IrN2S. The number of aromatic nitrogens is 2. The number of aryl methyl sites for hydroxylation is 2. The summed E-state index contributed by atoms with van der Waals surface area (Å²) in [6.07, 6.45) is 6.20. The average molecular weight is 421 g/mol. The number of rotatable bonds is 1. The van der Waals surface area contributed by atoms with Crippen molar-refractivity contribution < 1.29 is 20.1 Å². The quantitative estimate of drug-likeness (QED) is 0.534. The van der Waals surface area contributed by atoms with Gasteiger partial charge in [0.05, 0.1) is 4.88 Å². The van der Waals surface area contributed by atoms with Crippen molar-refractivity contribution in [2.24, 2.45) is 7.05 Å². The molecule has 0 fully saturated rings. The summed E-state index contributed by atoms with van der Waals surface area (Å²) in [5, 5.41) is 1.21. The molecule has 2 heterocycles. The Labute approximate surface area is 118 Å². The van der Waals surface area contributed by atoms with Crippen LogP contribution in [0, 0.1) is 13.0 Å². The van der Waals surface area contributed by atoms with Crippen molar-refractivity contribution in [1.82, 2.24) is 9.13 Å². The van der Waals surface area contributed by atoms with E-state index in [1.165, 1.54) is 20.7 Å². The first-order valence-electron chi connectivity index (χ1n) is 5.19. The molecule has 0 saturated carbocycles. The van der Waals surface area contributed by atoms with Crippen molar-refractivity contribution in [2.75, 3.05) is 0 Å². The Bertz CT molecular complexity index is 654. The maximum absolute atomic E-state index is 3.33. The van der Waals surface area contributed by atoms with Gasteiger partial charge in [-0.2, -0.15) is 15.9 Å². The molecule has 3 rings (SSSR count). The average Bonchev–Trinajstić information content (AvgIpc) is 2.80. The third-order valence-electron chi connectivity index (χ3n) is 2.68. The van der Waals surface area contributed by atoms with Crippen LogP contribution >= 0.6 is 11.3 Å². The van der Waals surface area contributed by atoms with Crippen LogP contribution in [0.4, 0.5) is 0 Å². The molecule has 17 heavy (non-hydrogen) atoms. The van der Waals surface area contributed by atoms with E-state index in [0.29, 0.717) is 0 Å². The Hall–Kier alpha value is -0.961. The maximum atomic E-state index is 3.33. The molecule has 0 unspecified atom stereocenters. The minimum atomic E-state index is 0. The van der Waals surface area contributed by atoms with Crippen molar-refractivity contribution in [1.29, 1.82) is 0 Å². The van der Waals surface area contributed by atoms with Crippen LogP contribution in [-0.4, -0.2) is 9.13 Å². The van der Waals surface area contributed by atoms with Crippen molar-refractivity contribution in [2.45, 2.75) is 6.92 Å². The van der Waals surface area contributed by atoms with Crippen LogP contribution in [0.2, 0.25) is 0 Å². The number of benzene rings is 1. The standard InChI is InChI=1S/C13H12N2S.Ir/c1-10-13(15-8-7-14(2)9-15)11-5-3-4-6-12(11)16-10;/h3-4,6-9H,1-2H3;. The van der Waals surface area contributed by atoms with Gasteiger partial charge in [0.2, 0.25) is 0 Å². The van der Waals surface area contributed by atoms with E-state index in [0.717, 1.165) is 0 Å². The second-order valence-corrected chi connectivity index (χ2v) is 5.16. The summed E-state index contributed by atoms with van der Waals surface area (Å²) in [6.45, 7) is 2.16. The predicted molar refractivity (Wildman–Crippen MR) is 68.1 cm³/mol. The topological polar surface area (TPSA) is 9.86 Å². The van der Waals surface area contributed by atoms with Crippen molar-refractivity contribution in [3.05, 3.63) is 47.9 Å². The first-order chi connectivity index (χ1) is 7.75. The van der Waals surface area contributed by atoms with E-state index in [4.69, 9.17) is 0 Å². The second kappa shape index (κ2) is 4.73. The third-order valence-corrected chi connectivity index (χ3v) is 3.74. The van der Waals surface area contributed by atoms with Gasteiger partial charge >= 0.3 is 0 Å². The number of imidazole rings is 1. The number of hydrogen-bond donors (Lipinski definition) is 0. The molecule has 0 aliphatic rings. The molecular weight excluding hydrogens is 408 g/mol. The van der Waals surface area contributed by atoms with Gasteiger partial charge in [-0.25, -0.2) is 0 Å². The van der Waals surface area contributed by atoms with Gasteiger partial charge in [0.15, 0.2) is 6.33 Å². The van der Waals surface area contributed by atoms with Gasteiger partial charge in [-0.1, -0.05) is 0 Å². The molecule has 0 saturated heterocycles. The molecule has 3 aromatic rings. The number of fused-ring (bicyclic) bond motifs is 1. The van der Waals surface area contributed by atoms with Gasteiger partial charge in [-0.15, -0.1) is 24.3 Å². The maximum Gasteiger partial charge on any atom is 0.166 e. The van der Waals surface area contributed by atoms with Crippen LogP contribution in [0.3, 0.4) is 0 Å². The fraction of sp³-hybridized carbons (Fsp3) is 0.154. The van der Waals surface area contributed by atoms with Gasteiger partial charge in [-0.3, -0.25) is 4.57 Å². The van der Waals surface area contributed by atoms with E-state index in [1.54, 1.807) is 0 Å². The van der Waals surface area contributed by atoms with E-state index < -0.39 is 0 Å². The summed E-state index contributed by atoms with van der Waals surface area (Å²) in [6, 6.07) is 9.49. The van der Waals surface area contributed by atoms with Crippen LogP contribution in [0.25, 0.3) is 15.8 Å². The number of hydrogen-bond acceptors (Lipinski definition) is 1. The Balaban J connectivity index is 0.00000108. The molecule has 0 N–H and O–H groups in total. The molecule has 0 aliphatic carbocycles. The van der Waals surface area contributed by atoms with Crippen LogP contribution in [0.5, 0.6) is 0 Å². The van der Waals surface area contributed by atoms with Gasteiger partial charge in [-0.05, 0) is 17.0 Å². The van der Waals surface area contributed by atoms with E-state index in [2.05, 4.69) is 36.1 Å². The summed E-state index contributed by atoms with van der Waals surface area (Å²) in [5.74, 6) is 0. The summed E-state index contributed by atoms with van der Waals surface area (Å²) in [7, 11) is 2.03. The fourth-order valence-corrected chi connectivity index (χ4v) is 3.01. The minimum Gasteiger partial charge on any atom is -0.255 e. The van der Waals surface area contributed by atoms with Gasteiger partial charge in [0.25, 0.3) is 0 Å². The van der Waals surface area contributed by atoms with Crippen LogP contribution in [0.1, 0.15) is 4.88 Å². The molecule has 1 aromatic carbocycles. The van der Waals surface area contributed by atoms with E-state index in [-0.39, 0.29) is 20.1 Å². The molecule has 0 spiro atoms. The summed E-state index contributed by atoms with van der Waals surface area (Å²) in [5.41, 5.74) is 1.25. The SMILES string of the molecule is Cc1sc2ccc[c-]c2c1-n1ccn(C)[cH+]1.[Ir]. The second-order valence-electron chi connectivity index (χ2n) is 3.90. The Morgan fingerprint density at radius 3 is 2.88 bits per heavy atom. The van der Waals surface area contributed by atoms with Crippen LogP contribution in [0.15, 0.2) is 36.9 Å². The van der Waals surface area contributed by atoms with Gasteiger partial charge in [0.1, 0.15) is 18.1 Å². The zero-order chi connectivity index (χ0) is 11.1. The molecule has 2 aromatic heterocycles. The monoisotopic (exact) mass is 421 g/mol. The summed E-state index contributed by atoms with van der Waals surface area (Å²) < 4.78 is 5.50. The zero-order valence-corrected chi connectivity index (χ0v) is 12.8. The van der Waals surface area contributed by atoms with Crippen LogP contribution < -0.4 is 0 Å². The molecule has 89 valence electrons. The molecule has 2 nitrogen and oxygen atoms in total. The third kappa shape index (κ3) is 2.08. The molecule has 4 heteroatoms. The Morgan fingerprint density at radius 2 is 2.18 bits per heavy atom. The molecule has 1 radical (unpaired) electrons. The van der Waals surface area contributed by atoms with E-state index in [1.807, 2.05) is 41.3 Å². The van der Waals surface area contributed by atoms with Crippen molar-refractivity contribution >= 4 is 21.4 Å². The zero-order valence-electron chi connectivity index (χ0n) is 9.60. The first kappa shape index (κ1) is 12.5. The minimum absolute atomic E-state index is 0. The number of nitrogens with zero attached hydrogens (tertiary/aromatic N) is 2. The Morgan fingerprint density at radius 1 is 1.35 bits per heavy atom. The van der Waals surface area contributed by atoms with E-state index >= 15 is 0 Å². The van der Waals surface area contributed by atoms with Gasteiger partial charge < -0.3 is 0 Å². The first-order valence-corrected chi connectivity index (χ1v) is 6.01. The predicted octanol–water partition coefficient (Wildman–Crippen LogP) is 3.42.